The summed E-state index contributed by atoms with van der Waals surface area (Å²) >= 11 is 1.93. The standard InChI is InChI=1S/C15H25NOS/c1-4-16-14(11-12-18-3)8-5-13-6-9-15(17-2)10-7-13/h6-7,9-10,14,16H,4-5,8,11-12H2,1-3H3. The second-order valence-corrected chi connectivity index (χ2v) is 5.41. The predicted octanol–water partition coefficient (Wildman–Crippen LogP) is 3.36. The molecule has 0 aliphatic rings. The fourth-order valence-corrected chi connectivity index (χ4v) is 2.55. The van der Waals surface area contributed by atoms with Crippen molar-refractivity contribution >= 4 is 11.8 Å². The minimum absolute atomic E-state index is 0.643. The predicted molar refractivity (Wildman–Crippen MR) is 81.8 cm³/mol. The van der Waals surface area contributed by atoms with Gasteiger partial charge in [0.2, 0.25) is 0 Å². The van der Waals surface area contributed by atoms with Gasteiger partial charge in [0.25, 0.3) is 0 Å². The largest absolute Gasteiger partial charge is 0.497 e. The van der Waals surface area contributed by atoms with Gasteiger partial charge in [-0.1, -0.05) is 19.1 Å². The highest BCUT2D eigenvalue weighted by Crippen LogP contribution is 2.14. The molecule has 18 heavy (non-hydrogen) atoms. The number of thioether (sulfide) groups is 1. The Morgan fingerprint density at radius 2 is 1.94 bits per heavy atom. The van der Waals surface area contributed by atoms with Gasteiger partial charge in [0.15, 0.2) is 0 Å². The highest BCUT2D eigenvalue weighted by molar-refractivity contribution is 7.98. The van der Waals surface area contributed by atoms with Crippen molar-refractivity contribution in [3.8, 4) is 5.75 Å². The average molecular weight is 267 g/mol. The SMILES string of the molecule is CCNC(CCSC)CCc1ccc(OC)cc1. The van der Waals surface area contributed by atoms with E-state index in [1.165, 1.54) is 24.2 Å². The normalized spacial score (nSPS) is 12.4. The number of nitrogens with one attached hydrogen (secondary N) is 1. The van der Waals surface area contributed by atoms with Crippen LogP contribution in [0.3, 0.4) is 0 Å². The minimum Gasteiger partial charge on any atom is -0.497 e. The monoisotopic (exact) mass is 267 g/mol. The van der Waals surface area contributed by atoms with Crippen LogP contribution in [0.25, 0.3) is 0 Å². The molecule has 0 amide bonds. The molecule has 0 spiro atoms. The molecule has 0 aliphatic carbocycles. The highest BCUT2D eigenvalue weighted by Gasteiger charge is 2.07. The number of methoxy groups -OCH3 is 1. The van der Waals surface area contributed by atoms with Gasteiger partial charge in [-0.05, 0) is 55.5 Å². The lowest BCUT2D eigenvalue weighted by molar-refractivity contribution is 0.414. The van der Waals surface area contributed by atoms with Crippen molar-refractivity contribution in [2.45, 2.75) is 32.2 Å². The van der Waals surface area contributed by atoms with Gasteiger partial charge in [0.05, 0.1) is 7.11 Å². The zero-order valence-electron chi connectivity index (χ0n) is 11.7. The first-order valence-electron chi connectivity index (χ1n) is 6.65. The van der Waals surface area contributed by atoms with E-state index in [1.807, 2.05) is 23.9 Å². The molecule has 0 saturated heterocycles. The third-order valence-corrected chi connectivity index (χ3v) is 3.75. The summed E-state index contributed by atoms with van der Waals surface area (Å²) in [7, 11) is 1.71. The van der Waals surface area contributed by atoms with Gasteiger partial charge < -0.3 is 10.1 Å². The molecule has 1 N–H and O–H groups in total. The summed E-state index contributed by atoms with van der Waals surface area (Å²) in [5.41, 5.74) is 1.39. The Morgan fingerprint density at radius 1 is 1.22 bits per heavy atom. The molecule has 1 aromatic rings. The van der Waals surface area contributed by atoms with Crippen molar-refractivity contribution in [1.82, 2.24) is 5.32 Å². The lowest BCUT2D eigenvalue weighted by Crippen LogP contribution is -2.29. The number of hydrogen-bond donors (Lipinski definition) is 1. The highest BCUT2D eigenvalue weighted by atomic mass is 32.2. The van der Waals surface area contributed by atoms with E-state index in [0.717, 1.165) is 18.7 Å². The minimum atomic E-state index is 0.643. The molecule has 1 unspecified atom stereocenters. The molecule has 1 rings (SSSR count). The van der Waals surface area contributed by atoms with Crippen LogP contribution in [0.1, 0.15) is 25.3 Å². The van der Waals surface area contributed by atoms with Crippen LogP contribution >= 0.6 is 11.8 Å². The summed E-state index contributed by atoms with van der Waals surface area (Å²) in [4.78, 5) is 0. The summed E-state index contributed by atoms with van der Waals surface area (Å²) in [6.45, 7) is 3.24. The Hall–Kier alpha value is -0.670. The van der Waals surface area contributed by atoms with Crippen LogP contribution in [-0.4, -0.2) is 31.7 Å². The maximum absolute atomic E-state index is 5.17. The molecule has 1 atom stereocenters. The first-order chi connectivity index (χ1) is 8.80. The van der Waals surface area contributed by atoms with Crippen LogP contribution in [0, 0.1) is 0 Å². The Bertz CT molecular complexity index is 313. The van der Waals surface area contributed by atoms with Gasteiger partial charge in [0, 0.05) is 6.04 Å². The third-order valence-electron chi connectivity index (χ3n) is 3.10. The van der Waals surface area contributed by atoms with E-state index in [4.69, 9.17) is 4.74 Å². The number of rotatable bonds is 9. The average Bonchev–Trinajstić information content (AvgIpc) is 2.42. The molecule has 0 aromatic heterocycles. The summed E-state index contributed by atoms with van der Waals surface area (Å²) in [6, 6.07) is 9.05. The van der Waals surface area contributed by atoms with Gasteiger partial charge in [0.1, 0.15) is 5.75 Å². The van der Waals surface area contributed by atoms with E-state index in [2.05, 4.69) is 30.6 Å². The topological polar surface area (TPSA) is 21.3 Å². The van der Waals surface area contributed by atoms with Gasteiger partial charge in [-0.3, -0.25) is 0 Å². The van der Waals surface area contributed by atoms with Crippen LogP contribution in [0.15, 0.2) is 24.3 Å². The molecule has 0 bridgehead atoms. The van der Waals surface area contributed by atoms with Crippen molar-refractivity contribution < 1.29 is 4.74 Å². The van der Waals surface area contributed by atoms with Gasteiger partial charge in [-0.25, -0.2) is 0 Å². The first-order valence-corrected chi connectivity index (χ1v) is 8.04. The van der Waals surface area contributed by atoms with E-state index in [-0.39, 0.29) is 0 Å². The van der Waals surface area contributed by atoms with Crippen molar-refractivity contribution in [2.24, 2.45) is 0 Å². The second-order valence-electron chi connectivity index (χ2n) is 4.42. The quantitative estimate of drug-likeness (QED) is 0.741. The molecule has 3 heteroatoms. The van der Waals surface area contributed by atoms with Crippen LogP contribution in [0.4, 0.5) is 0 Å². The molecule has 0 fully saturated rings. The van der Waals surface area contributed by atoms with Crippen molar-refractivity contribution in [1.29, 1.82) is 0 Å². The van der Waals surface area contributed by atoms with E-state index >= 15 is 0 Å². The van der Waals surface area contributed by atoms with Gasteiger partial charge in [-0.15, -0.1) is 0 Å². The summed E-state index contributed by atoms with van der Waals surface area (Å²) in [6.07, 6.45) is 5.77. The van der Waals surface area contributed by atoms with Crippen LogP contribution in [-0.2, 0) is 6.42 Å². The summed E-state index contributed by atoms with van der Waals surface area (Å²) < 4.78 is 5.17. The Morgan fingerprint density at radius 3 is 2.50 bits per heavy atom. The van der Waals surface area contributed by atoms with Crippen molar-refractivity contribution in [3.05, 3.63) is 29.8 Å². The lowest BCUT2D eigenvalue weighted by Gasteiger charge is -2.17. The van der Waals surface area contributed by atoms with E-state index in [0.29, 0.717) is 6.04 Å². The number of aryl methyl sites for hydroxylation is 1. The zero-order valence-corrected chi connectivity index (χ0v) is 12.6. The third kappa shape index (κ3) is 5.78. The van der Waals surface area contributed by atoms with Gasteiger partial charge >= 0.3 is 0 Å². The molecule has 2 nitrogen and oxygen atoms in total. The van der Waals surface area contributed by atoms with Crippen molar-refractivity contribution in [3.63, 3.8) is 0 Å². The fourth-order valence-electron chi connectivity index (χ4n) is 2.03. The molecule has 0 saturated carbocycles. The number of benzene rings is 1. The van der Waals surface area contributed by atoms with Crippen molar-refractivity contribution in [2.75, 3.05) is 25.7 Å². The van der Waals surface area contributed by atoms with Gasteiger partial charge in [-0.2, -0.15) is 11.8 Å². The fraction of sp³-hybridized carbons (Fsp3) is 0.600. The Labute approximate surface area is 116 Å². The van der Waals surface area contributed by atoms with Crippen LogP contribution in [0.2, 0.25) is 0 Å². The van der Waals surface area contributed by atoms with E-state index in [9.17, 15) is 0 Å². The summed E-state index contributed by atoms with van der Waals surface area (Å²) in [5, 5.41) is 3.57. The zero-order chi connectivity index (χ0) is 13.2. The lowest BCUT2D eigenvalue weighted by atomic mass is 10.0. The molecule has 0 radical (unpaired) electrons. The Kier molecular flexibility index (Phi) is 7.94. The van der Waals surface area contributed by atoms with Crippen LogP contribution < -0.4 is 10.1 Å². The van der Waals surface area contributed by atoms with E-state index < -0.39 is 0 Å². The maximum atomic E-state index is 5.17. The number of hydrogen-bond acceptors (Lipinski definition) is 3. The second kappa shape index (κ2) is 9.29. The molecule has 0 aliphatic heterocycles. The molecular weight excluding hydrogens is 242 g/mol. The summed E-state index contributed by atoms with van der Waals surface area (Å²) in [5.74, 6) is 2.17. The Balaban J connectivity index is 2.39. The maximum Gasteiger partial charge on any atom is 0.118 e. The molecular formula is C15H25NOS. The smallest absolute Gasteiger partial charge is 0.118 e. The molecule has 1 aromatic carbocycles. The number of ether oxygens (including phenoxy) is 1. The molecule has 0 heterocycles. The first kappa shape index (κ1) is 15.4. The van der Waals surface area contributed by atoms with E-state index in [1.54, 1.807) is 7.11 Å². The molecule has 102 valence electrons. The van der Waals surface area contributed by atoms with Crippen LogP contribution in [0.5, 0.6) is 5.75 Å².